The highest BCUT2D eigenvalue weighted by Gasteiger charge is 1.81. The predicted molar refractivity (Wildman–Crippen MR) is 41.7 cm³/mol. The molecule has 0 aliphatic carbocycles. The highest BCUT2D eigenvalue weighted by atomic mass is 15.0. The summed E-state index contributed by atoms with van der Waals surface area (Å²) in [5.74, 6) is 0. The van der Waals surface area contributed by atoms with Crippen LogP contribution in [0.4, 0.5) is 0 Å². The third kappa shape index (κ3) is 2.05. The number of nitrogens with zero attached hydrogens (tertiary/aromatic N) is 2. The minimum atomic E-state index is 0.938. The van der Waals surface area contributed by atoms with Gasteiger partial charge in [-0.1, -0.05) is 19.1 Å². The van der Waals surface area contributed by atoms with Crippen LogP contribution in [0.1, 0.15) is 13.3 Å². The Bertz CT molecular complexity index is 187. The topological polar surface area (TPSA) is 17.8 Å². The lowest BCUT2D eigenvalue weighted by Gasteiger charge is -1.92. The van der Waals surface area contributed by atoms with Crippen molar-refractivity contribution >= 4 is 0 Å². The summed E-state index contributed by atoms with van der Waals surface area (Å²) >= 11 is 0. The first kappa shape index (κ1) is 7.06. The van der Waals surface area contributed by atoms with Crippen LogP contribution >= 0.6 is 0 Å². The smallest absolute Gasteiger partial charge is 0.0948 e. The van der Waals surface area contributed by atoms with Gasteiger partial charge in [0.1, 0.15) is 0 Å². The molecule has 0 amide bonds. The Morgan fingerprint density at radius 2 is 2.40 bits per heavy atom. The lowest BCUT2D eigenvalue weighted by Crippen LogP contribution is -1.88. The zero-order valence-corrected chi connectivity index (χ0v) is 6.20. The molecule has 2 heteroatoms. The van der Waals surface area contributed by atoms with E-state index in [2.05, 4.69) is 24.1 Å². The monoisotopic (exact) mass is 136 g/mol. The van der Waals surface area contributed by atoms with Crippen molar-refractivity contribution in [3.63, 3.8) is 0 Å². The van der Waals surface area contributed by atoms with E-state index in [-0.39, 0.29) is 0 Å². The van der Waals surface area contributed by atoms with E-state index in [1.807, 2.05) is 17.1 Å². The van der Waals surface area contributed by atoms with E-state index < -0.39 is 0 Å². The first-order valence-electron chi connectivity index (χ1n) is 3.54. The molecule has 0 spiro atoms. The van der Waals surface area contributed by atoms with Crippen molar-refractivity contribution in [1.82, 2.24) is 9.55 Å². The standard InChI is InChI=1S/C8H12N2/c1-2-3-4-6-10-7-5-9-8-10/h3-5,7-8H,2,6H2,1H3. The zero-order valence-electron chi connectivity index (χ0n) is 6.20. The second kappa shape index (κ2) is 3.88. The molecule has 0 N–H and O–H groups in total. The summed E-state index contributed by atoms with van der Waals surface area (Å²) in [5.41, 5.74) is 0. The molecule has 54 valence electrons. The van der Waals surface area contributed by atoms with Gasteiger partial charge < -0.3 is 4.57 Å². The number of imidazole rings is 1. The predicted octanol–water partition coefficient (Wildman–Crippen LogP) is 1.85. The van der Waals surface area contributed by atoms with Crippen LogP contribution < -0.4 is 0 Å². The van der Waals surface area contributed by atoms with E-state index >= 15 is 0 Å². The Morgan fingerprint density at radius 1 is 1.50 bits per heavy atom. The van der Waals surface area contributed by atoms with Crippen LogP contribution in [0.5, 0.6) is 0 Å². The molecule has 0 unspecified atom stereocenters. The van der Waals surface area contributed by atoms with Crippen LogP contribution in [0.3, 0.4) is 0 Å². The summed E-state index contributed by atoms with van der Waals surface area (Å²) < 4.78 is 2.03. The van der Waals surface area contributed by atoms with E-state index in [0.29, 0.717) is 0 Å². The molecule has 0 radical (unpaired) electrons. The van der Waals surface area contributed by atoms with Gasteiger partial charge in [-0.2, -0.15) is 0 Å². The maximum Gasteiger partial charge on any atom is 0.0948 e. The molecule has 0 fully saturated rings. The van der Waals surface area contributed by atoms with Crippen molar-refractivity contribution < 1.29 is 0 Å². The number of hydrogen-bond donors (Lipinski definition) is 0. The summed E-state index contributed by atoms with van der Waals surface area (Å²) in [6.07, 6.45) is 11.0. The van der Waals surface area contributed by atoms with Gasteiger partial charge in [0.05, 0.1) is 6.33 Å². The van der Waals surface area contributed by atoms with Crippen LogP contribution in [-0.2, 0) is 6.54 Å². The average molecular weight is 136 g/mol. The maximum atomic E-state index is 3.93. The van der Waals surface area contributed by atoms with Crippen molar-refractivity contribution in [3.05, 3.63) is 30.9 Å². The summed E-state index contributed by atoms with van der Waals surface area (Å²) in [4.78, 5) is 3.93. The molecule has 0 aliphatic rings. The quantitative estimate of drug-likeness (QED) is 0.580. The third-order valence-corrected chi connectivity index (χ3v) is 1.28. The van der Waals surface area contributed by atoms with Crippen LogP contribution in [-0.4, -0.2) is 9.55 Å². The molecule has 1 rings (SSSR count). The Hall–Kier alpha value is -1.05. The molecular weight excluding hydrogens is 124 g/mol. The maximum absolute atomic E-state index is 3.93. The fourth-order valence-corrected chi connectivity index (χ4v) is 0.758. The SMILES string of the molecule is CCC=CCn1ccnc1. The van der Waals surface area contributed by atoms with E-state index in [4.69, 9.17) is 0 Å². The normalized spacial score (nSPS) is 10.9. The van der Waals surface area contributed by atoms with Gasteiger partial charge in [0.15, 0.2) is 0 Å². The Labute approximate surface area is 61.2 Å². The number of allylic oxidation sites excluding steroid dienone is 2. The van der Waals surface area contributed by atoms with Crippen molar-refractivity contribution in [2.45, 2.75) is 19.9 Å². The van der Waals surface area contributed by atoms with Gasteiger partial charge >= 0.3 is 0 Å². The van der Waals surface area contributed by atoms with Gasteiger partial charge in [-0.3, -0.25) is 0 Å². The Morgan fingerprint density at radius 3 is 3.00 bits per heavy atom. The van der Waals surface area contributed by atoms with Crippen LogP contribution in [0, 0.1) is 0 Å². The molecule has 10 heavy (non-hydrogen) atoms. The second-order valence-corrected chi connectivity index (χ2v) is 2.14. The highest BCUT2D eigenvalue weighted by Crippen LogP contribution is 1.87. The van der Waals surface area contributed by atoms with Gasteiger partial charge in [0.2, 0.25) is 0 Å². The number of hydrogen-bond acceptors (Lipinski definition) is 1. The van der Waals surface area contributed by atoms with Crippen LogP contribution in [0.2, 0.25) is 0 Å². The third-order valence-electron chi connectivity index (χ3n) is 1.28. The lowest BCUT2D eigenvalue weighted by atomic mass is 10.4. The van der Waals surface area contributed by atoms with E-state index in [1.165, 1.54) is 0 Å². The molecule has 0 atom stereocenters. The van der Waals surface area contributed by atoms with Crippen molar-refractivity contribution in [2.75, 3.05) is 0 Å². The summed E-state index contributed by atoms with van der Waals surface area (Å²) in [6, 6.07) is 0. The zero-order chi connectivity index (χ0) is 7.23. The molecule has 0 bridgehead atoms. The Balaban J connectivity index is 2.34. The molecule has 1 heterocycles. The fraction of sp³-hybridized carbons (Fsp3) is 0.375. The first-order chi connectivity index (χ1) is 4.93. The minimum Gasteiger partial charge on any atom is -0.334 e. The lowest BCUT2D eigenvalue weighted by molar-refractivity contribution is 0.817. The van der Waals surface area contributed by atoms with Crippen molar-refractivity contribution in [1.29, 1.82) is 0 Å². The van der Waals surface area contributed by atoms with E-state index in [9.17, 15) is 0 Å². The Kier molecular flexibility index (Phi) is 2.74. The van der Waals surface area contributed by atoms with E-state index in [1.54, 1.807) is 6.20 Å². The molecular formula is C8H12N2. The largest absolute Gasteiger partial charge is 0.334 e. The number of rotatable bonds is 3. The molecule has 1 aromatic heterocycles. The molecule has 2 nitrogen and oxygen atoms in total. The highest BCUT2D eigenvalue weighted by molar-refractivity contribution is 4.84. The van der Waals surface area contributed by atoms with Gasteiger partial charge in [-0.15, -0.1) is 0 Å². The van der Waals surface area contributed by atoms with Crippen molar-refractivity contribution in [2.24, 2.45) is 0 Å². The molecule has 0 aliphatic heterocycles. The van der Waals surface area contributed by atoms with Gasteiger partial charge in [0.25, 0.3) is 0 Å². The van der Waals surface area contributed by atoms with Crippen LogP contribution in [0.25, 0.3) is 0 Å². The average Bonchev–Trinajstić information content (AvgIpc) is 2.41. The summed E-state index contributed by atoms with van der Waals surface area (Å²) in [5, 5.41) is 0. The number of aromatic nitrogens is 2. The first-order valence-corrected chi connectivity index (χ1v) is 3.54. The minimum absolute atomic E-state index is 0.938. The van der Waals surface area contributed by atoms with E-state index in [0.717, 1.165) is 13.0 Å². The van der Waals surface area contributed by atoms with Crippen molar-refractivity contribution in [3.8, 4) is 0 Å². The molecule has 0 saturated carbocycles. The van der Waals surface area contributed by atoms with Gasteiger partial charge in [0, 0.05) is 18.9 Å². The second-order valence-electron chi connectivity index (χ2n) is 2.14. The molecule has 0 aromatic carbocycles. The molecule has 1 aromatic rings. The van der Waals surface area contributed by atoms with Gasteiger partial charge in [-0.25, -0.2) is 4.98 Å². The fourth-order valence-electron chi connectivity index (χ4n) is 0.758. The van der Waals surface area contributed by atoms with Crippen LogP contribution in [0.15, 0.2) is 30.9 Å². The van der Waals surface area contributed by atoms with Gasteiger partial charge in [-0.05, 0) is 6.42 Å². The summed E-state index contributed by atoms with van der Waals surface area (Å²) in [7, 11) is 0. The summed E-state index contributed by atoms with van der Waals surface area (Å²) in [6.45, 7) is 3.07. The molecule has 0 saturated heterocycles.